The van der Waals surface area contributed by atoms with E-state index in [4.69, 9.17) is 0 Å². The molecule has 0 unspecified atom stereocenters. The first kappa shape index (κ1) is 14.7. The predicted octanol–water partition coefficient (Wildman–Crippen LogP) is 3.18. The molecule has 3 heteroatoms. The molecule has 106 valence electrons. The van der Waals surface area contributed by atoms with Crippen molar-refractivity contribution in [3.8, 4) is 0 Å². The fraction of sp³-hybridized carbons (Fsp3) is 0.294. The number of nitrogens with zero attached hydrogens (tertiary/aromatic N) is 1. The highest BCUT2D eigenvalue weighted by atomic mass is 19.1. The fourth-order valence-electron chi connectivity index (χ4n) is 2.24. The van der Waals surface area contributed by atoms with Crippen molar-refractivity contribution in [2.24, 2.45) is 0 Å². The molecule has 0 bridgehead atoms. The van der Waals surface area contributed by atoms with E-state index in [-0.39, 0.29) is 5.82 Å². The van der Waals surface area contributed by atoms with Gasteiger partial charge in [-0.3, -0.25) is 4.90 Å². The Labute approximate surface area is 120 Å². The lowest BCUT2D eigenvalue weighted by Crippen LogP contribution is -2.17. The third-order valence-corrected chi connectivity index (χ3v) is 3.22. The van der Waals surface area contributed by atoms with E-state index < -0.39 is 0 Å². The molecule has 0 amide bonds. The zero-order valence-corrected chi connectivity index (χ0v) is 12.1. The van der Waals surface area contributed by atoms with Gasteiger partial charge in [-0.2, -0.15) is 0 Å². The normalized spacial score (nSPS) is 11.0. The summed E-state index contributed by atoms with van der Waals surface area (Å²) < 4.78 is 12.9. The van der Waals surface area contributed by atoms with Crippen molar-refractivity contribution in [1.82, 2.24) is 10.2 Å². The van der Waals surface area contributed by atoms with Crippen LogP contribution in [0, 0.1) is 5.82 Å². The van der Waals surface area contributed by atoms with Crippen LogP contribution in [-0.4, -0.2) is 19.0 Å². The van der Waals surface area contributed by atoms with Gasteiger partial charge >= 0.3 is 0 Å². The first-order chi connectivity index (χ1) is 9.67. The summed E-state index contributed by atoms with van der Waals surface area (Å²) in [6, 6.07) is 15.3. The van der Waals surface area contributed by atoms with E-state index in [1.165, 1.54) is 23.3 Å². The summed E-state index contributed by atoms with van der Waals surface area (Å²) in [5, 5.41) is 3.14. The van der Waals surface area contributed by atoms with Gasteiger partial charge < -0.3 is 5.32 Å². The van der Waals surface area contributed by atoms with Crippen LogP contribution in [0.4, 0.5) is 4.39 Å². The van der Waals surface area contributed by atoms with Crippen LogP contribution in [0.1, 0.15) is 16.7 Å². The summed E-state index contributed by atoms with van der Waals surface area (Å²) in [6.07, 6.45) is 0. The summed E-state index contributed by atoms with van der Waals surface area (Å²) in [5.74, 6) is -0.184. The van der Waals surface area contributed by atoms with Crippen LogP contribution in [0.15, 0.2) is 48.5 Å². The minimum Gasteiger partial charge on any atom is -0.316 e. The molecule has 0 radical (unpaired) electrons. The topological polar surface area (TPSA) is 15.3 Å². The summed E-state index contributed by atoms with van der Waals surface area (Å²) in [7, 11) is 4.02. The second kappa shape index (κ2) is 7.17. The molecular formula is C17H21FN2. The van der Waals surface area contributed by atoms with Gasteiger partial charge in [-0.1, -0.05) is 36.4 Å². The molecule has 2 aromatic rings. The van der Waals surface area contributed by atoms with Crippen LogP contribution in [0.3, 0.4) is 0 Å². The Balaban J connectivity index is 1.90. The predicted molar refractivity (Wildman–Crippen MR) is 80.8 cm³/mol. The molecule has 0 saturated heterocycles. The first-order valence-corrected chi connectivity index (χ1v) is 6.83. The quantitative estimate of drug-likeness (QED) is 0.869. The highest BCUT2D eigenvalue weighted by molar-refractivity contribution is 5.22. The van der Waals surface area contributed by atoms with E-state index >= 15 is 0 Å². The molecule has 0 aliphatic rings. The van der Waals surface area contributed by atoms with Gasteiger partial charge in [0.15, 0.2) is 0 Å². The highest BCUT2D eigenvalue weighted by Gasteiger charge is 2.02. The van der Waals surface area contributed by atoms with Crippen molar-refractivity contribution in [2.75, 3.05) is 14.1 Å². The number of halogens is 1. The number of rotatable bonds is 6. The molecule has 0 fully saturated rings. The largest absolute Gasteiger partial charge is 0.316 e. The summed E-state index contributed by atoms with van der Waals surface area (Å²) >= 11 is 0. The van der Waals surface area contributed by atoms with Gasteiger partial charge in [-0.05, 0) is 42.9 Å². The third-order valence-electron chi connectivity index (χ3n) is 3.22. The van der Waals surface area contributed by atoms with Crippen molar-refractivity contribution < 1.29 is 4.39 Å². The Hall–Kier alpha value is -1.71. The molecule has 0 heterocycles. The van der Waals surface area contributed by atoms with E-state index in [1.54, 1.807) is 0 Å². The monoisotopic (exact) mass is 272 g/mol. The molecule has 2 rings (SSSR count). The van der Waals surface area contributed by atoms with Crippen LogP contribution in [-0.2, 0) is 19.6 Å². The van der Waals surface area contributed by atoms with Crippen LogP contribution < -0.4 is 5.32 Å². The number of nitrogens with one attached hydrogen (secondary N) is 1. The van der Waals surface area contributed by atoms with Crippen LogP contribution in [0.25, 0.3) is 0 Å². The molecule has 0 atom stereocenters. The van der Waals surface area contributed by atoms with Crippen LogP contribution in [0.5, 0.6) is 0 Å². The molecule has 0 saturated carbocycles. The minimum atomic E-state index is -0.184. The lowest BCUT2D eigenvalue weighted by molar-refractivity contribution is 0.319. The van der Waals surface area contributed by atoms with Gasteiger partial charge in [0.2, 0.25) is 0 Å². The Morgan fingerprint density at radius 1 is 0.850 bits per heavy atom. The van der Waals surface area contributed by atoms with Crippen molar-refractivity contribution in [1.29, 1.82) is 0 Å². The Bertz CT molecular complexity index is 520. The van der Waals surface area contributed by atoms with E-state index in [0.29, 0.717) is 0 Å². The molecule has 1 N–H and O–H groups in total. The van der Waals surface area contributed by atoms with Crippen molar-refractivity contribution >= 4 is 0 Å². The van der Waals surface area contributed by atoms with E-state index in [0.717, 1.165) is 25.2 Å². The zero-order chi connectivity index (χ0) is 14.4. The lowest BCUT2D eigenvalue weighted by Gasteiger charge is -2.17. The van der Waals surface area contributed by atoms with Crippen LogP contribution in [0.2, 0.25) is 0 Å². The second-order valence-corrected chi connectivity index (χ2v) is 5.15. The van der Waals surface area contributed by atoms with Crippen molar-refractivity contribution in [3.63, 3.8) is 0 Å². The maximum Gasteiger partial charge on any atom is 0.123 e. The molecule has 0 aliphatic carbocycles. The summed E-state index contributed by atoms with van der Waals surface area (Å²) in [6.45, 7) is 2.60. The van der Waals surface area contributed by atoms with Crippen LogP contribution >= 0.6 is 0 Å². The van der Waals surface area contributed by atoms with Gasteiger partial charge in [-0.25, -0.2) is 4.39 Å². The first-order valence-electron chi connectivity index (χ1n) is 6.83. The summed E-state index contributed by atoms with van der Waals surface area (Å²) in [4.78, 5) is 2.22. The highest BCUT2D eigenvalue weighted by Crippen LogP contribution is 2.10. The molecule has 0 spiro atoms. The molecular weight excluding hydrogens is 251 g/mol. The van der Waals surface area contributed by atoms with Gasteiger partial charge in [0, 0.05) is 19.6 Å². The SMILES string of the molecule is CNCc1ccc(CN(C)Cc2ccc(F)cc2)cc1. The molecule has 0 aromatic heterocycles. The second-order valence-electron chi connectivity index (χ2n) is 5.15. The van der Waals surface area contributed by atoms with Gasteiger partial charge in [0.25, 0.3) is 0 Å². The lowest BCUT2D eigenvalue weighted by atomic mass is 10.1. The van der Waals surface area contributed by atoms with Gasteiger partial charge in [-0.15, -0.1) is 0 Å². The number of benzene rings is 2. The minimum absolute atomic E-state index is 0.184. The third kappa shape index (κ3) is 4.44. The average Bonchev–Trinajstić information content (AvgIpc) is 2.44. The summed E-state index contributed by atoms with van der Waals surface area (Å²) in [5.41, 5.74) is 3.70. The average molecular weight is 272 g/mol. The number of hydrogen-bond donors (Lipinski definition) is 1. The molecule has 2 aromatic carbocycles. The zero-order valence-electron chi connectivity index (χ0n) is 12.1. The molecule has 0 aliphatic heterocycles. The maximum absolute atomic E-state index is 12.9. The van der Waals surface area contributed by atoms with E-state index in [1.807, 2.05) is 19.2 Å². The van der Waals surface area contributed by atoms with E-state index in [9.17, 15) is 4.39 Å². The van der Waals surface area contributed by atoms with Crippen molar-refractivity contribution in [2.45, 2.75) is 19.6 Å². The Morgan fingerprint density at radius 2 is 1.30 bits per heavy atom. The molecule has 2 nitrogen and oxygen atoms in total. The molecule has 20 heavy (non-hydrogen) atoms. The standard InChI is InChI=1S/C17H21FN2/c1-19-11-14-3-5-15(6-4-14)12-20(2)13-16-7-9-17(18)10-8-16/h3-10,19H,11-13H2,1-2H3. The van der Waals surface area contributed by atoms with Gasteiger partial charge in [0.05, 0.1) is 0 Å². The Kier molecular flexibility index (Phi) is 5.27. The Morgan fingerprint density at radius 3 is 1.80 bits per heavy atom. The number of hydrogen-bond acceptors (Lipinski definition) is 2. The van der Waals surface area contributed by atoms with Crippen molar-refractivity contribution in [3.05, 3.63) is 71.0 Å². The van der Waals surface area contributed by atoms with Gasteiger partial charge in [0.1, 0.15) is 5.82 Å². The van der Waals surface area contributed by atoms with E-state index in [2.05, 4.69) is 41.5 Å². The maximum atomic E-state index is 12.9. The smallest absolute Gasteiger partial charge is 0.123 e. The fourth-order valence-corrected chi connectivity index (χ4v) is 2.24.